The van der Waals surface area contributed by atoms with Crippen LogP contribution in [0.2, 0.25) is 5.02 Å². The van der Waals surface area contributed by atoms with Gasteiger partial charge in [0.05, 0.1) is 12.8 Å². The molecule has 2 aromatic carbocycles. The highest BCUT2D eigenvalue weighted by atomic mass is 35.5. The minimum absolute atomic E-state index is 0.140. The maximum Gasteiger partial charge on any atom is 0.264 e. The van der Waals surface area contributed by atoms with Crippen molar-refractivity contribution in [2.75, 3.05) is 19.0 Å². The number of ether oxygens (including phenoxy) is 2. The molecule has 2 aromatic rings. The molecule has 150 valence electrons. The number of carbonyl (C=O) groups excluding carboxylic acids is 1. The second-order valence-corrected chi connectivity index (χ2v) is 7.58. The molecular weight excluding hydrogens is 396 g/mol. The summed E-state index contributed by atoms with van der Waals surface area (Å²) in [5, 5.41) is 6.28. The normalized spacial score (nSPS) is 10.5. The molecule has 1 amide bonds. The Morgan fingerprint density at radius 3 is 2.50 bits per heavy atom. The summed E-state index contributed by atoms with van der Waals surface area (Å²) in [6.45, 7) is 8.04. The number of benzene rings is 2. The lowest BCUT2D eigenvalue weighted by Gasteiger charge is -2.15. The van der Waals surface area contributed by atoms with E-state index in [1.54, 1.807) is 12.1 Å². The van der Waals surface area contributed by atoms with Gasteiger partial charge in [-0.2, -0.15) is 0 Å². The third-order valence-corrected chi connectivity index (χ3v) is 4.83. The van der Waals surface area contributed by atoms with Gasteiger partial charge in [-0.25, -0.2) is 0 Å². The molecule has 0 heterocycles. The molecule has 5 nitrogen and oxygen atoms in total. The minimum Gasteiger partial charge on any atom is -0.495 e. The van der Waals surface area contributed by atoms with E-state index in [-0.39, 0.29) is 17.6 Å². The second kappa shape index (κ2) is 9.75. The largest absolute Gasteiger partial charge is 0.495 e. The van der Waals surface area contributed by atoms with Crippen LogP contribution in [-0.2, 0) is 4.79 Å². The van der Waals surface area contributed by atoms with Crippen LogP contribution in [0, 0.1) is 13.8 Å². The number of nitrogens with one attached hydrogen (secondary N) is 2. The van der Waals surface area contributed by atoms with Gasteiger partial charge in [-0.1, -0.05) is 31.5 Å². The molecule has 2 N–H and O–H groups in total. The van der Waals surface area contributed by atoms with Crippen molar-refractivity contribution >= 4 is 40.5 Å². The first-order valence-electron chi connectivity index (χ1n) is 8.89. The van der Waals surface area contributed by atoms with Crippen molar-refractivity contribution in [2.24, 2.45) is 0 Å². The quantitative estimate of drug-likeness (QED) is 0.645. The predicted molar refractivity (Wildman–Crippen MR) is 118 cm³/mol. The van der Waals surface area contributed by atoms with Crippen molar-refractivity contribution in [2.45, 2.75) is 33.6 Å². The highest BCUT2D eigenvalue weighted by Crippen LogP contribution is 2.30. The highest BCUT2D eigenvalue weighted by molar-refractivity contribution is 7.80. The van der Waals surface area contributed by atoms with E-state index in [1.165, 1.54) is 12.7 Å². The lowest BCUT2D eigenvalue weighted by Crippen LogP contribution is -2.37. The van der Waals surface area contributed by atoms with Gasteiger partial charge >= 0.3 is 0 Å². The summed E-state index contributed by atoms with van der Waals surface area (Å²) in [7, 11) is 1.54. The molecule has 0 aliphatic carbocycles. The van der Waals surface area contributed by atoms with Crippen LogP contribution in [0.5, 0.6) is 11.5 Å². The van der Waals surface area contributed by atoms with Crippen LogP contribution in [0.4, 0.5) is 5.69 Å². The molecule has 7 heteroatoms. The summed E-state index contributed by atoms with van der Waals surface area (Å²) in [4.78, 5) is 12.1. The zero-order valence-corrected chi connectivity index (χ0v) is 18.3. The maximum absolute atomic E-state index is 12.1. The number of amides is 1. The fourth-order valence-electron chi connectivity index (χ4n) is 2.78. The molecule has 0 fully saturated rings. The second-order valence-electron chi connectivity index (χ2n) is 6.77. The molecule has 0 unspecified atom stereocenters. The highest BCUT2D eigenvalue weighted by Gasteiger charge is 2.11. The van der Waals surface area contributed by atoms with Crippen LogP contribution in [0.25, 0.3) is 0 Å². The Bertz CT molecular complexity index is 884. The van der Waals surface area contributed by atoms with Crippen LogP contribution in [0.1, 0.15) is 36.5 Å². The first-order valence-corrected chi connectivity index (χ1v) is 9.68. The van der Waals surface area contributed by atoms with E-state index in [0.717, 1.165) is 11.1 Å². The smallest absolute Gasteiger partial charge is 0.264 e. The summed E-state index contributed by atoms with van der Waals surface area (Å²) in [5.41, 5.74) is 3.88. The molecule has 0 aliphatic heterocycles. The maximum atomic E-state index is 12.1. The summed E-state index contributed by atoms with van der Waals surface area (Å²) in [6, 6.07) is 9.31. The number of halogens is 1. The summed E-state index contributed by atoms with van der Waals surface area (Å²) >= 11 is 11.3. The van der Waals surface area contributed by atoms with Gasteiger partial charge in [0.1, 0.15) is 11.5 Å². The van der Waals surface area contributed by atoms with Gasteiger partial charge in [-0.3, -0.25) is 10.1 Å². The molecule has 0 aliphatic rings. The minimum atomic E-state index is -0.354. The molecular formula is C21H25ClN2O3S. The third kappa shape index (κ3) is 5.84. The van der Waals surface area contributed by atoms with Crippen LogP contribution in [-0.4, -0.2) is 24.7 Å². The SMILES string of the molecule is COc1cc(Cl)c(C)cc1NC(=S)NC(=O)COc1ccc(C(C)C)c(C)c1. The van der Waals surface area contributed by atoms with Gasteiger partial charge in [-0.05, 0) is 66.9 Å². The molecule has 0 bridgehead atoms. The first-order chi connectivity index (χ1) is 13.2. The Labute approximate surface area is 176 Å². The van der Waals surface area contributed by atoms with Crippen LogP contribution >= 0.6 is 23.8 Å². The van der Waals surface area contributed by atoms with Crippen molar-refractivity contribution in [1.82, 2.24) is 5.32 Å². The third-order valence-electron chi connectivity index (χ3n) is 4.22. The zero-order chi connectivity index (χ0) is 20.8. The monoisotopic (exact) mass is 420 g/mol. The van der Waals surface area contributed by atoms with Gasteiger partial charge in [0, 0.05) is 11.1 Å². The van der Waals surface area contributed by atoms with Crippen molar-refractivity contribution in [3.05, 3.63) is 52.0 Å². The fourth-order valence-corrected chi connectivity index (χ4v) is 3.16. The van der Waals surface area contributed by atoms with Gasteiger partial charge in [0.15, 0.2) is 11.7 Å². The number of anilines is 1. The van der Waals surface area contributed by atoms with Crippen LogP contribution < -0.4 is 20.1 Å². The van der Waals surface area contributed by atoms with Gasteiger partial charge in [-0.15, -0.1) is 0 Å². The van der Waals surface area contributed by atoms with E-state index >= 15 is 0 Å². The molecule has 0 saturated carbocycles. The summed E-state index contributed by atoms with van der Waals surface area (Å²) in [6.07, 6.45) is 0. The molecule has 28 heavy (non-hydrogen) atoms. The topological polar surface area (TPSA) is 59.6 Å². The standard InChI is InChI=1S/C21H25ClN2O3S/c1-12(2)16-7-6-15(8-13(16)3)27-11-20(25)24-21(28)23-18-9-14(4)17(22)10-19(18)26-5/h6-10,12H,11H2,1-5H3,(H2,23,24,25,28). The Morgan fingerprint density at radius 1 is 1.18 bits per heavy atom. The van der Waals surface area contributed by atoms with E-state index in [1.807, 2.05) is 32.0 Å². The number of thiocarbonyl (C=S) groups is 1. The summed E-state index contributed by atoms with van der Waals surface area (Å²) < 4.78 is 10.9. The zero-order valence-electron chi connectivity index (χ0n) is 16.7. The van der Waals surface area contributed by atoms with Crippen molar-refractivity contribution in [1.29, 1.82) is 0 Å². The number of aryl methyl sites for hydroxylation is 2. The van der Waals surface area contributed by atoms with Crippen LogP contribution in [0.15, 0.2) is 30.3 Å². The van der Waals surface area contributed by atoms with E-state index in [9.17, 15) is 4.79 Å². The average Bonchev–Trinajstić information content (AvgIpc) is 2.62. The molecule has 0 spiro atoms. The van der Waals surface area contributed by atoms with Gasteiger partial charge in [0.25, 0.3) is 5.91 Å². The Hall–Kier alpha value is -2.31. The molecule has 0 atom stereocenters. The molecule has 0 radical (unpaired) electrons. The van der Waals surface area contributed by atoms with E-state index in [0.29, 0.717) is 28.1 Å². The van der Waals surface area contributed by atoms with Crippen LogP contribution in [0.3, 0.4) is 0 Å². The lowest BCUT2D eigenvalue weighted by atomic mass is 9.98. The fraction of sp³-hybridized carbons (Fsp3) is 0.333. The number of hydrogen-bond donors (Lipinski definition) is 2. The molecule has 0 aromatic heterocycles. The number of rotatable bonds is 6. The first kappa shape index (κ1) is 22.0. The number of carbonyl (C=O) groups is 1. The summed E-state index contributed by atoms with van der Waals surface area (Å²) in [5.74, 6) is 1.26. The lowest BCUT2D eigenvalue weighted by molar-refractivity contribution is -0.121. The van der Waals surface area contributed by atoms with E-state index < -0.39 is 0 Å². The Kier molecular flexibility index (Phi) is 7.66. The van der Waals surface area contributed by atoms with E-state index in [2.05, 4.69) is 24.5 Å². The van der Waals surface area contributed by atoms with Gasteiger partial charge < -0.3 is 14.8 Å². The Balaban J connectivity index is 1.92. The average molecular weight is 421 g/mol. The van der Waals surface area contributed by atoms with Gasteiger partial charge in [0.2, 0.25) is 0 Å². The number of methoxy groups -OCH3 is 1. The molecule has 2 rings (SSSR count). The number of hydrogen-bond acceptors (Lipinski definition) is 4. The predicted octanol–water partition coefficient (Wildman–Crippen LogP) is 4.98. The van der Waals surface area contributed by atoms with Crippen molar-refractivity contribution < 1.29 is 14.3 Å². The van der Waals surface area contributed by atoms with Crippen molar-refractivity contribution in [3.8, 4) is 11.5 Å². The van der Waals surface area contributed by atoms with Crippen molar-refractivity contribution in [3.63, 3.8) is 0 Å². The molecule has 0 saturated heterocycles. The van der Waals surface area contributed by atoms with E-state index in [4.69, 9.17) is 33.3 Å². The Morgan fingerprint density at radius 2 is 1.89 bits per heavy atom.